The molecule has 2 unspecified atom stereocenters. The van der Waals surface area contributed by atoms with Crippen molar-refractivity contribution in [3.05, 3.63) is 35.2 Å². The number of fused-ring (bicyclic) bond motifs is 3. The van der Waals surface area contributed by atoms with E-state index in [-0.39, 0.29) is 17.3 Å². The molecule has 6 nitrogen and oxygen atoms in total. The van der Waals surface area contributed by atoms with Gasteiger partial charge in [-0.1, -0.05) is 10.2 Å². The summed E-state index contributed by atoms with van der Waals surface area (Å²) in [6.07, 6.45) is 2.36. The third-order valence-electron chi connectivity index (χ3n) is 5.18. The summed E-state index contributed by atoms with van der Waals surface area (Å²) in [5.74, 6) is 0.587. The van der Waals surface area contributed by atoms with Crippen LogP contribution in [-0.4, -0.2) is 46.2 Å². The summed E-state index contributed by atoms with van der Waals surface area (Å²) in [5.41, 5.74) is 0.663. The molecule has 3 fully saturated rings. The van der Waals surface area contributed by atoms with Crippen molar-refractivity contribution in [2.75, 3.05) is 13.1 Å². The molecule has 2 atom stereocenters. The Bertz CT molecular complexity index is 756. The standard InChI is InChI=1S/C17H19ClN4O2S/c1-10-14(11-6-8-22(10)9-7-11)19-15(23)12-2-4-13(5-3-12)25-17-21-20-16(18)24-17/h2-5,10-11,14H,6-9H2,1H3,(H,19,23). The number of aromatic nitrogens is 2. The molecule has 5 rings (SSSR count). The Morgan fingerprint density at radius 1 is 1.28 bits per heavy atom. The number of amides is 1. The lowest BCUT2D eigenvalue weighted by molar-refractivity contribution is 0.0217. The van der Waals surface area contributed by atoms with E-state index in [4.69, 9.17) is 16.0 Å². The molecule has 3 aliphatic rings. The van der Waals surface area contributed by atoms with E-state index in [1.54, 1.807) is 0 Å². The number of nitrogens with one attached hydrogen (secondary N) is 1. The number of rotatable bonds is 4. The second kappa shape index (κ2) is 6.97. The fourth-order valence-corrected chi connectivity index (χ4v) is 4.62. The Hall–Kier alpha value is -1.57. The quantitative estimate of drug-likeness (QED) is 0.881. The van der Waals surface area contributed by atoms with E-state index in [0.29, 0.717) is 22.7 Å². The van der Waals surface area contributed by atoms with Gasteiger partial charge in [-0.3, -0.25) is 9.69 Å². The zero-order chi connectivity index (χ0) is 17.4. The summed E-state index contributed by atoms with van der Waals surface area (Å²) in [5, 5.41) is 11.1. The molecular formula is C17H19ClN4O2S. The molecule has 132 valence electrons. The van der Waals surface area contributed by atoms with Crippen molar-refractivity contribution in [3.63, 3.8) is 0 Å². The molecule has 1 N–H and O–H groups in total. The molecule has 1 amide bonds. The van der Waals surface area contributed by atoms with Crippen molar-refractivity contribution in [1.82, 2.24) is 20.4 Å². The van der Waals surface area contributed by atoms with Gasteiger partial charge in [0.05, 0.1) is 0 Å². The average molecular weight is 379 g/mol. The number of carbonyl (C=O) groups excluding carboxylic acids is 1. The molecule has 2 bridgehead atoms. The van der Waals surface area contributed by atoms with Gasteiger partial charge in [-0.2, -0.15) is 0 Å². The molecule has 0 radical (unpaired) electrons. The van der Waals surface area contributed by atoms with E-state index in [1.165, 1.54) is 24.6 Å². The minimum atomic E-state index is -0.0111. The largest absolute Gasteiger partial charge is 0.402 e. The monoisotopic (exact) mass is 378 g/mol. The smallest absolute Gasteiger partial charge is 0.313 e. The van der Waals surface area contributed by atoms with E-state index < -0.39 is 0 Å². The number of piperidine rings is 3. The highest BCUT2D eigenvalue weighted by Crippen LogP contribution is 2.32. The van der Waals surface area contributed by atoms with Gasteiger partial charge >= 0.3 is 5.35 Å². The van der Waals surface area contributed by atoms with E-state index >= 15 is 0 Å². The number of hydrogen-bond donors (Lipinski definition) is 1. The van der Waals surface area contributed by atoms with Gasteiger partial charge in [0.15, 0.2) is 0 Å². The normalized spacial score (nSPS) is 28.1. The summed E-state index contributed by atoms with van der Waals surface area (Å²) >= 11 is 6.93. The van der Waals surface area contributed by atoms with Crippen molar-refractivity contribution in [2.24, 2.45) is 5.92 Å². The summed E-state index contributed by atoms with van der Waals surface area (Å²) < 4.78 is 5.13. The van der Waals surface area contributed by atoms with E-state index in [2.05, 4.69) is 27.3 Å². The molecule has 0 spiro atoms. The molecular weight excluding hydrogens is 360 g/mol. The second-order valence-electron chi connectivity index (χ2n) is 6.56. The number of nitrogens with zero attached hydrogens (tertiary/aromatic N) is 3. The summed E-state index contributed by atoms with van der Waals surface area (Å²) in [4.78, 5) is 16.0. The van der Waals surface area contributed by atoms with Crippen LogP contribution in [-0.2, 0) is 0 Å². The van der Waals surface area contributed by atoms with Crippen molar-refractivity contribution in [2.45, 2.75) is 42.0 Å². The first-order chi connectivity index (χ1) is 12.1. The predicted molar refractivity (Wildman–Crippen MR) is 94.9 cm³/mol. The van der Waals surface area contributed by atoms with Crippen molar-refractivity contribution < 1.29 is 9.21 Å². The van der Waals surface area contributed by atoms with Gasteiger partial charge in [-0.05, 0) is 86.4 Å². The molecule has 2 aromatic rings. The Morgan fingerprint density at radius 3 is 2.60 bits per heavy atom. The number of benzene rings is 1. The Balaban J connectivity index is 1.40. The maximum absolute atomic E-state index is 12.6. The van der Waals surface area contributed by atoms with Crippen LogP contribution in [0.15, 0.2) is 38.8 Å². The summed E-state index contributed by atoms with van der Waals surface area (Å²) in [7, 11) is 0. The Labute approximate surface area is 155 Å². The van der Waals surface area contributed by atoms with E-state index in [9.17, 15) is 4.79 Å². The lowest BCUT2D eigenvalue weighted by Crippen LogP contribution is -2.62. The van der Waals surface area contributed by atoms with Crippen LogP contribution in [0.5, 0.6) is 0 Å². The van der Waals surface area contributed by atoms with Gasteiger partial charge < -0.3 is 9.73 Å². The van der Waals surface area contributed by atoms with Gasteiger partial charge in [0.1, 0.15) is 0 Å². The highest BCUT2D eigenvalue weighted by atomic mass is 35.5. The van der Waals surface area contributed by atoms with Crippen LogP contribution < -0.4 is 5.32 Å². The Kier molecular flexibility index (Phi) is 4.71. The van der Waals surface area contributed by atoms with Crippen LogP contribution in [0, 0.1) is 5.92 Å². The zero-order valence-corrected chi connectivity index (χ0v) is 15.4. The fourth-order valence-electron chi connectivity index (χ4n) is 3.79. The van der Waals surface area contributed by atoms with Crippen molar-refractivity contribution in [1.29, 1.82) is 0 Å². The zero-order valence-electron chi connectivity index (χ0n) is 13.8. The first-order valence-electron chi connectivity index (χ1n) is 8.42. The maximum atomic E-state index is 12.6. The van der Waals surface area contributed by atoms with Crippen LogP contribution in [0.2, 0.25) is 5.35 Å². The average Bonchev–Trinajstić information content (AvgIpc) is 3.04. The van der Waals surface area contributed by atoms with Crippen LogP contribution in [0.4, 0.5) is 0 Å². The van der Waals surface area contributed by atoms with Gasteiger partial charge in [-0.25, -0.2) is 0 Å². The van der Waals surface area contributed by atoms with E-state index in [1.807, 2.05) is 24.3 Å². The molecule has 1 aromatic carbocycles. The molecule has 3 aliphatic heterocycles. The predicted octanol–water partition coefficient (Wildman–Crippen LogP) is 3.09. The molecule has 1 aromatic heterocycles. The Morgan fingerprint density at radius 2 is 2.00 bits per heavy atom. The third-order valence-corrected chi connectivity index (χ3v) is 6.18. The van der Waals surface area contributed by atoms with E-state index in [0.717, 1.165) is 18.0 Å². The molecule has 8 heteroatoms. The highest BCUT2D eigenvalue weighted by molar-refractivity contribution is 7.99. The summed E-state index contributed by atoms with van der Waals surface area (Å²) in [6, 6.07) is 8.04. The van der Waals surface area contributed by atoms with Crippen molar-refractivity contribution >= 4 is 29.3 Å². The van der Waals surface area contributed by atoms with Gasteiger partial charge in [0.25, 0.3) is 11.1 Å². The van der Waals surface area contributed by atoms with Crippen LogP contribution in [0.25, 0.3) is 0 Å². The highest BCUT2D eigenvalue weighted by Gasteiger charge is 2.40. The SMILES string of the molecule is CC1C(NC(=O)c2ccc(Sc3nnc(Cl)o3)cc2)C2CCN1CC2. The first-order valence-corrected chi connectivity index (χ1v) is 9.61. The maximum Gasteiger partial charge on any atom is 0.313 e. The number of carbonyl (C=O) groups is 1. The molecule has 3 saturated heterocycles. The minimum absolute atomic E-state index is 0.0111. The van der Waals surface area contributed by atoms with Gasteiger partial charge in [0, 0.05) is 22.5 Å². The van der Waals surface area contributed by atoms with Gasteiger partial charge in [-0.15, -0.1) is 0 Å². The fraction of sp³-hybridized carbons (Fsp3) is 0.471. The lowest BCUT2D eigenvalue weighted by atomic mass is 9.79. The molecule has 4 heterocycles. The lowest BCUT2D eigenvalue weighted by Gasteiger charge is -2.49. The summed E-state index contributed by atoms with van der Waals surface area (Å²) in [6.45, 7) is 4.53. The van der Waals surface area contributed by atoms with Crippen molar-refractivity contribution in [3.8, 4) is 0 Å². The number of hydrogen-bond acceptors (Lipinski definition) is 6. The van der Waals surface area contributed by atoms with Crippen LogP contribution >= 0.6 is 23.4 Å². The van der Waals surface area contributed by atoms with Crippen LogP contribution in [0.3, 0.4) is 0 Å². The minimum Gasteiger partial charge on any atom is -0.402 e. The topological polar surface area (TPSA) is 71.3 Å². The number of halogens is 1. The molecule has 0 aliphatic carbocycles. The second-order valence-corrected chi connectivity index (χ2v) is 7.91. The van der Waals surface area contributed by atoms with Crippen LogP contribution in [0.1, 0.15) is 30.1 Å². The third kappa shape index (κ3) is 3.54. The van der Waals surface area contributed by atoms with Gasteiger partial charge in [0.2, 0.25) is 0 Å². The first kappa shape index (κ1) is 16.9. The molecule has 25 heavy (non-hydrogen) atoms. The molecule has 0 saturated carbocycles.